The van der Waals surface area contributed by atoms with E-state index in [1.54, 1.807) is 6.07 Å². The molecule has 0 amide bonds. The highest BCUT2D eigenvalue weighted by atomic mass is 19.1. The second-order valence-corrected chi connectivity index (χ2v) is 4.80. The van der Waals surface area contributed by atoms with Crippen LogP contribution >= 0.6 is 0 Å². The van der Waals surface area contributed by atoms with Crippen molar-refractivity contribution in [2.75, 3.05) is 5.32 Å². The lowest BCUT2D eigenvalue weighted by molar-refractivity contribution is -0.384. The third-order valence-electron chi connectivity index (χ3n) is 3.14. The standard InChI is InChI=1S/C15H10F2N4O3/c16-10-4-5-12(17)13(7-10)18-8-14-19-15(20-24-14)9-2-1-3-11(6-9)21(22)23/h1-7,18H,8H2. The van der Waals surface area contributed by atoms with E-state index in [1.807, 2.05) is 0 Å². The van der Waals surface area contributed by atoms with Crippen LogP contribution in [0.3, 0.4) is 0 Å². The first kappa shape index (κ1) is 15.5. The van der Waals surface area contributed by atoms with Crippen LogP contribution < -0.4 is 5.32 Å². The number of rotatable bonds is 5. The summed E-state index contributed by atoms with van der Waals surface area (Å²) >= 11 is 0. The van der Waals surface area contributed by atoms with Crippen LogP contribution in [0.2, 0.25) is 0 Å². The van der Waals surface area contributed by atoms with Gasteiger partial charge in [-0.2, -0.15) is 4.98 Å². The summed E-state index contributed by atoms with van der Waals surface area (Å²) < 4.78 is 31.6. The van der Waals surface area contributed by atoms with Crippen LogP contribution in [-0.2, 0) is 6.54 Å². The molecule has 0 aliphatic heterocycles. The number of anilines is 1. The third kappa shape index (κ3) is 3.35. The van der Waals surface area contributed by atoms with Gasteiger partial charge in [-0.3, -0.25) is 10.1 Å². The van der Waals surface area contributed by atoms with Crippen molar-refractivity contribution in [2.45, 2.75) is 6.54 Å². The van der Waals surface area contributed by atoms with Crippen molar-refractivity contribution >= 4 is 11.4 Å². The third-order valence-corrected chi connectivity index (χ3v) is 3.14. The molecule has 0 bridgehead atoms. The van der Waals surface area contributed by atoms with E-state index in [4.69, 9.17) is 4.52 Å². The summed E-state index contributed by atoms with van der Waals surface area (Å²) in [6.07, 6.45) is 0. The zero-order valence-corrected chi connectivity index (χ0v) is 12.1. The van der Waals surface area contributed by atoms with Gasteiger partial charge in [0.1, 0.15) is 11.6 Å². The monoisotopic (exact) mass is 332 g/mol. The van der Waals surface area contributed by atoms with Gasteiger partial charge in [0.25, 0.3) is 5.69 Å². The Bertz CT molecular complexity index is 898. The highest BCUT2D eigenvalue weighted by molar-refractivity contribution is 5.58. The minimum atomic E-state index is -0.616. The average Bonchev–Trinajstić information content (AvgIpc) is 3.05. The lowest BCUT2D eigenvalue weighted by Gasteiger charge is -2.04. The van der Waals surface area contributed by atoms with Gasteiger partial charge < -0.3 is 9.84 Å². The van der Waals surface area contributed by atoms with Gasteiger partial charge in [0.15, 0.2) is 0 Å². The summed E-state index contributed by atoms with van der Waals surface area (Å²) in [5, 5.41) is 17.1. The second kappa shape index (κ2) is 6.41. The van der Waals surface area contributed by atoms with Crippen molar-refractivity contribution in [1.82, 2.24) is 10.1 Å². The molecule has 0 spiro atoms. The molecule has 0 radical (unpaired) electrons. The molecule has 3 aromatic rings. The van der Waals surface area contributed by atoms with Crippen LogP contribution in [0.1, 0.15) is 5.89 Å². The molecule has 1 aromatic heterocycles. The molecule has 24 heavy (non-hydrogen) atoms. The number of hydrogen-bond donors (Lipinski definition) is 1. The highest BCUT2D eigenvalue weighted by Gasteiger charge is 2.13. The Morgan fingerprint density at radius 2 is 2.04 bits per heavy atom. The van der Waals surface area contributed by atoms with Crippen molar-refractivity contribution in [3.05, 3.63) is 70.1 Å². The van der Waals surface area contributed by atoms with E-state index >= 15 is 0 Å². The number of nitrogens with one attached hydrogen (secondary N) is 1. The number of hydrogen-bond acceptors (Lipinski definition) is 6. The summed E-state index contributed by atoms with van der Waals surface area (Å²) in [6.45, 7) is -0.0255. The molecule has 9 heteroatoms. The van der Waals surface area contributed by atoms with E-state index in [1.165, 1.54) is 18.2 Å². The number of nitrogens with zero attached hydrogens (tertiary/aromatic N) is 3. The molecule has 1 N–H and O–H groups in total. The molecular weight excluding hydrogens is 322 g/mol. The fraction of sp³-hybridized carbons (Fsp3) is 0.0667. The summed E-state index contributed by atoms with van der Waals surface area (Å²) in [6, 6.07) is 8.78. The minimum Gasteiger partial charge on any atom is -0.374 e. The van der Waals surface area contributed by atoms with Gasteiger partial charge in [-0.05, 0) is 18.2 Å². The molecule has 1 heterocycles. The fourth-order valence-corrected chi connectivity index (χ4v) is 2.01. The molecule has 0 saturated heterocycles. The first-order valence-electron chi connectivity index (χ1n) is 6.79. The summed E-state index contributed by atoms with van der Waals surface area (Å²) in [7, 11) is 0. The van der Waals surface area contributed by atoms with Crippen LogP contribution in [0.5, 0.6) is 0 Å². The van der Waals surface area contributed by atoms with Crippen LogP contribution in [0.25, 0.3) is 11.4 Å². The Hall–Kier alpha value is -3.36. The van der Waals surface area contributed by atoms with E-state index in [2.05, 4.69) is 15.5 Å². The van der Waals surface area contributed by atoms with Crippen molar-refractivity contribution in [1.29, 1.82) is 0 Å². The molecular formula is C15H10F2N4O3. The average molecular weight is 332 g/mol. The number of nitro benzene ring substituents is 1. The van der Waals surface area contributed by atoms with Crippen molar-refractivity contribution in [2.24, 2.45) is 0 Å². The molecule has 0 aliphatic carbocycles. The zero-order chi connectivity index (χ0) is 17.1. The minimum absolute atomic E-state index is 0.0255. The Morgan fingerprint density at radius 3 is 2.83 bits per heavy atom. The number of nitro groups is 1. The topological polar surface area (TPSA) is 94.1 Å². The predicted octanol–water partition coefficient (Wildman–Crippen LogP) is 3.54. The zero-order valence-electron chi connectivity index (χ0n) is 12.1. The van der Waals surface area contributed by atoms with Crippen molar-refractivity contribution in [3.8, 4) is 11.4 Å². The largest absolute Gasteiger partial charge is 0.374 e. The van der Waals surface area contributed by atoms with Crippen LogP contribution in [0.15, 0.2) is 47.0 Å². The van der Waals surface area contributed by atoms with Gasteiger partial charge >= 0.3 is 0 Å². The molecule has 0 fully saturated rings. The number of halogens is 2. The SMILES string of the molecule is O=[N+]([O-])c1cccc(-c2noc(CNc3cc(F)ccc3F)n2)c1. The summed E-state index contributed by atoms with van der Waals surface area (Å²) in [4.78, 5) is 14.3. The van der Waals surface area contributed by atoms with Gasteiger partial charge in [0.2, 0.25) is 11.7 Å². The van der Waals surface area contributed by atoms with Crippen molar-refractivity contribution < 1.29 is 18.2 Å². The van der Waals surface area contributed by atoms with Crippen LogP contribution in [0, 0.1) is 21.7 Å². The molecule has 3 rings (SSSR count). The van der Waals surface area contributed by atoms with E-state index < -0.39 is 16.6 Å². The lowest BCUT2D eigenvalue weighted by Crippen LogP contribution is -2.02. The summed E-state index contributed by atoms with van der Waals surface area (Å²) in [5.74, 6) is -0.910. The number of benzene rings is 2. The number of aromatic nitrogens is 2. The van der Waals surface area contributed by atoms with Crippen LogP contribution in [-0.4, -0.2) is 15.1 Å². The maximum absolute atomic E-state index is 13.5. The van der Waals surface area contributed by atoms with Crippen molar-refractivity contribution in [3.63, 3.8) is 0 Å². The quantitative estimate of drug-likeness (QED) is 0.567. The summed E-state index contributed by atoms with van der Waals surface area (Å²) in [5.41, 5.74) is 0.278. The molecule has 0 saturated carbocycles. The lowest BCUT2D eigenvalue weighted by atomic mass is 10.2. The van der Waals surface area contributed by atoms with Gasteiger partial charge in [-0.1, -0.05) is 17.3 Å². The molecule has 0 unspecified atom stereocenters. The Labute approximate surface area is 134 Å². The molecule has 0 aliphatic rings. The highest BCUT2D eigenvalue weighted by Crippen LogP contribution is 2.22. The predicted molar refractivity (Wildman–Crippen MR) is 80.1 cm³/mol. The Balaban J connectivity index is 1.75. The molecule has 122 valence electrons. The van der Waals surface area contributed by atoms with E-state index in [0.717, 1.165) is 18.2 Å². The maximum Gasteiger partial charge on any atom is 0.270 e. The molecule has 7 nitrogen and oxygen atoms in total. The second-order valence-electron chi connectivity index (χ2n) is 4.80. The van der Waals surface area contributed by atoms with E-state index in [-0.39, 0.29) is 29.6 Å². The number of non-ortho nitro benzene ring substituents is 1. The van der Waals surface area contributed by atoms with Gasteiger partial charge in [0.05, 0.1) is 17.2 Å². The van der Waals surface area contributed by atoms with E-state index in [9.17, 15) is 18.9 Å². The smallest absolute Gasteiger partial charge is 0.270 e. The van der Waals surface area contributed by atoms with Gasteiger partial charge in [-0.25, -0.2) is 8.78 Å². The first-order valence-corrected chi connectivity index (χ1v) is 6.79. The Morgan fingerprint density at radius 1 is 1.21 bits per heavy atom. The van der Waals surface area contributed by atoms with Gasteiger partial charge in [0, 0.05) is 17.7 Å². The Kier molecular flexibility index (Phi) is 4.15. The fourth-order valence-electron chi connectivity index (χ4n) is 2.01. The van der Waals surface area contributed by atoms with Crippen LogP contribution in [0.4, 0.5) is 20.2 Å². The van der Waals surface area contributed by atoms with Gasteiger partial charge in [-0.15, -0.1) is 0 Å². The molecule has 0 atom stereocenters. The molecule has 2 aromatic carbocycles. The van der Waals surface area contributed by atoms with E-state index in [0.29, 0.717) is 5.56 Å². The first-order chi connectivity index (χ1) is 11.5. The maximum atomic E-state index is 13.5. The normalized spacial score (nSPS) is 10.6.